The summed E-state index contributed by atoms with van der Waals surface area (Å²) in [6, 6.07) is 5.47. The van der Waals surface area contributed by atoms with Gasteiger partial charge in [-0.1, -0.05) is 0 Å². The Morgan fingerprint density at radius 1 is 1.38 bits per heavy atom. The van der Waals surface area contributed by atoms with Crippen LogP contribution in [0.1, 0.15) is 19.4 Å². The average molecular weight is 287 g/mol. The van der Waals surface area contributed by atoms with Crippen LogP contribution >= 0.6 is 0 Å². The molecule has 0 saturated heterocycles. The molecule has 2 aromatic rings. The molecule has 1 N–H and O–H groups in total. The van der Waals surface area contributed by atoms with Crippen molar-refractivity contribution < 1.29 is 14.3 Å². The standard InChI is InChI=1S/C15H17N3O3/c1-11(18-5-4-16-10-18)8-15(19)17-12-2-3-13-14(9-12)21-7-6-20-13/h2-5,9-11H,6-8H2,1H3,(H,17,19)/t11-/m1/s1. The molecule has 6 nitrogen and oxygen atoms in total. The summed E-state index contributed by atoms with van der Waals surface area (Å²) < 4.78 is 12.9. The predicted octanol–water partition coefficient (Wildman–Crippen LogP) is 2.24. The summed E-state index contributed by atoms with van der Waals surface area (Å²) in [5.74, 6) is 1.33. The average Bonchev–Trinajstić information content (AvgIpc) is 3.01. The van der Waals surface area contributed by atoms with Crippen LogP contribution in [0.5, 0.6) is 11.5 Å². The minimum absolute atomic E-state index is 0.0483. The van der Waals surface area contributed by atoms with Crippen LogP contribution in [0.15, 0.2) is 36.9 Å². The topological polar surface area (TPSA) is 65.4 Å². The molecule has 2 heterocycles. The van der Waals surface area contributed by atoms with Crippen molar-refractivity contribution in [1.82, 2.24) is 9.55 Å². The van der Waals surface area contributed by atoms with Gasteiger partial charge in [-0.05, 0) is 19.1 Å². The second-order valence-electron chi connectivity index (χ2n) is 4.97. The van der Waals surface area contributed by atoms with E-state index < -0.39 is 0 Å². The number of hydrogen-bond donors (Lipinski definition) is 1. The summed E-state index contributed by atoms with van der Waals surface area (Å²) in [7, 11) is 0. The van der Waals surface area contributed by atoms with Crippen molar-refractivity contribution in [2.75, 3.05) is 18.5 Å². The van der Waals surface area contributed by atoms with E-state index in [1.54, 1.807) is 18.6 Å². The molecule has 0 aliphatic carbocycles. The summed E-state index contributed by atoms with van der Waals surface area (Å²) >= 11 is 0. The zero-order valence-corrected chi connectivity index (χ0v) is 11.8. The Morgan fingerprint density at radius 2 is 2.19 bits per heavy atom. The van der Waals surface area contributed by atoms with Crippen LogP contribution < -0.4 is 14.8 Å². The molecule has 0 radical (unpaired) electrons. The molecular formula is C15H17N3O3. The first-order chi connectivity index (χ1) is 10.2. The highest BCUT2D eigenvalue weighted by Gasteiger charge is 2.14. The van der Waals surface area contributed by atoms with E-state index in [1.165, 1.54) is 0 Å². The van der Waals surface area contributed by atoms with E-state index in [4.69, 9.17) is 9.47 Å². The lowest BCUT2D eigenvalue weighted by Crippen LogP contribution is -2.18. The number of anilines is 1. The van der Waals surface area contributed by atoms with Crippen molar-refractivity contribution >= 4 is 11.6 Å². The fourth-order valence-corrected chi connectivity index (χ4v) is 2.24. The number of ether oxygens (including phenoxy) is 2. The quantitative estimate of drug-likeness (QED) is 0.936. The molecule has 0 fully saturated rings. The molecule has 1 aliphatic heterocycles. The second kappa shape index (κ2) is 5.87. The van der Waals surface area contributed by atoms with Gasteiger partial charge in [0.25, 0.3) is 0 Å². The highest BCUT2D eigenvalue weighted by molar-refractivity contribution is 5.91. The van der Waals surface area contributed by atoms with Crippen molar-refractivity contribution in [1.29, 1.82) is 0 Å². The summed E-state index contributed by atoms with van der Waals surface area (Å²) in [6.45, 7) is 3.06. The Morgan fingerprint density at radius 3 is 2.95 bits per heavy atom. The fraction of sp³-hybridized carbons (Fsp3) is 0.333. The van der Waals surface area contributed by atoms with Crippen LogP contribution in [0, 0.1) is 0 Å². The Balaban J connectivity index is 1.62. The molecule has 21 heavy (non-hydrogen) atoms. The number of fused-ring (bicyclic) bond motifs is 1. The third-order valence-corrected chi connectivity index (χ3v) is 3.34. The first-order valence-corrected chi connectivity index (χ1v) is 6.89. The van der Waals surface area contributed by atoms with Crippen molar-refractivity contribution in [2.24, 2.45) is 0 Å². The molecule has 6 heteroatoms. The van der Waals surface area contributed by atoms with Gasteiger partial charge in [0.15, 0.2) is 11.5 Å². The Kier molecular flexibility index (Phi) is 3.77. The van der Waals surface area contributed by atoms with Crippen molar-refractivity contribution in [3.8, 4) is 11.5 Å². The van der Waals surface area contributed by atoms with Crippen molar-refractivity contribution in [3.05, 3.63) is 36.9 Å². The monoisotopic (exact) mass is 287 g/mol. The lowest BCUT2D eigenvalue weighted by Gasteiger charge is -2.19. The maximum atomic E-state index is 12.1. The molecule has 3 rings (SSSR count). The van der Waals surface area contributed by atoms with Crippen LogP contribution in [0.2, 0.25) is 0 Å². The molecule has 0 spiro atoms. The molecule has 110 valence electrons. The smallest absolute Gasteiger partial charge is 0.226 e. The summed E-state index contributed by atoms with van der Waals surface area (Å²) in [5, 5.41) is 2.88. The highest BCUT2D eigenvalue weighted by Crippen LogP contribution is 2.32. The first-order valence-electron chi connectivity index (χ1n) is 6.89. The van der Waals surface area contributed by atoms with E-state index in [0.717, 1.165) is 0 Å². The van der Waals surface area contributed by atoms with Crippen LogP contribution in [0.25, 0.3) is 0 Å². The van der Waals surface area contributed by atoms with E-state index >= 15 is 0 Å². The van der Waals surface area contributed by atoms with Gasteiger partial charge in [0.05, 0.1) is 6.33 Å². The highest BCUT2D eigenvalue weighted by atomic mass is 16.6. The van der Waals surface area contributed by atoms with Crippen molar-refractivity contribution in [2.45, 2.75) is 19.4 Å². The van der Waals surface area contributed by atoms with Gasteiger partial charge in [-0.2, -0.15) is 0 Å². The van der Waals surface area contributed by atoms with Gasteiger partial charge in [0, 0.05) is 36.6 Å². The summed E-state index contributed by atoms with van der Waals surface area (Å²) in [6.07, 6.45) is 5.64. The molecule has 1 aromatic carbocycles. The lowest BCUT2D eigenvalue weighted by atomic mass is 10.2. The number of hydrogen-bond acceptors (Lipinski definition) is 4. The normalized spacial score (nSPS) is 14.5. The minimum Gasteiger partial charge on any atom is -0.486 e. The Bertz CT molecular complexity index is 625. The van der Waals surface area contributed by atoms with E-state index in [9.17, 15) is 4.79 Å². The van der Waals surface area contributed by atoms with Gasteiger partial charge in [-0.15, -0.1) is 0 Å². The van der Waals surface area contributed by atoms with Crippen LogP contribution in [-0.4, -0.2) is 28.7 Å². The third kappa shape index (κ3) is 3.16. The second-order valence-corrected chi connectivity index (χ2v) is 4.97. The van der Waals surface area contributed by atoms with E-state index in [1.807, 2.05) is 29.8 Å². The van der Waals surface area contributed by atoms with Gasteiger partial charge in [0.1, 0.15) is 13.2 Å². The van der Waals surface area contributed by atoms with E-state index in [2.05, 4.69) is 10.3 Å². The Hall–Kier alpha value is -2.50. The molecule has 0 unspecified atom stereocenters. The number of amides is 1. The van der Waals surface area contributed by atoms with E-state index in [-0.39, 0.29) is 11.9 Å². The number of carbonyl (C=O) groups excluding carboxylic acids is 1. The number of imidazole rings is 1. The number of benzene rings is 1. The zero-order chi connectivity index (χ0) is 14.7. The van der Waals surface area contributed by atoms with Gasteiger partial charge in [-0.3, -0.25) is 4.79 Å². The number of carbonyl (C=O) groups is 1. The Labute approximate surface area is 122 Å². The number of rotatable bonds is 4. The van der Waals surface area contributed by atoms with Crippen molar-refractivity contribution in [3.63, 3.8) is 0 Å². The molecule has 0 saturated carbocycles. The van der Waals surface area contributed by atoms with Gasteiger partial charge >= 0.3 is 0 Å². The number of nitrogens with one attached hydrogen (secondary N) is 1. The SMILES string of the molecule is C[C@H](CC(=O)Nc1ccc2c(c1)OCCO2)n1ccnc1. The third-order valence-electron chi connectivity index (χ3n) is 3.34. The number of aromatic nitrogens is 2. The van der Waals surface area contributed by atoms with Gasteiger partial charge in [0.2, 0.25) is 5.91 Å². The first kappa shape index (κ1) is 13.5. The summed E-state index contributed by atoms with van der Waals surface area (Å²) in [5.41, 5.74) is 0.710. The minimum atomic E-state index is -0.0483. The molecule has 1 atom stereocenters. The maximum Gasteiger partial charge on any atom is 0.226 e. The zero-order valence-electron chi connectivity index (χ0n) is 11.8. The largest absolute Gasteiger partial charge is 0.486 e. The molecule has 0 bridgehead atoms. The number of nitrogens with zero attached hydrogens (tertiary/aromatic N) is 2. The fourth-order valence-electron chi connectivity index (χ4n) is 2.24. The van der Waals surface area contributed by atoms with Crippen LogP contribution in [0.3, 0.4) is 0 Å². The molecule has 1 aliphatic rings. The van der Waals surface area contributed by atoms with Crippen LogP contribution in [-0.2, 0) is 4.79 Å². The van der Waals surface area contributed by atoms with Gasteiger partial charge < -0.3 is 19.4 Å². The van der Waals surface area contributed by atoms with Gasteiger partial charge in [-0.25, -0.2) is 4.98 Å². The maximum absolute atomic E-state index is 12.1. The van der Waals surface area contributed by atoms with E-state index in [0.29, 0.717) is 36.8 Å². The van der Waals surface area contributed by atoms with Crippen LogP contribution in [0.4, 0.5) is 5.69 Å². The molecular weight excluding hydrogens is 270 g/mol. The predicted molar refractivity (Wildman–Crippen MR) is 77.6 cm³/mol. The molecule has 1 aromatic heterocycles. The molecule has 1 amide bonds. The summed E-state index contributed by atoms with van der Waals surface area (Å²) in [4.78, 5) is 16.1. The lowest BCUT2D eigenvalue weighted by molar-refractivity contribution is -0.116.